The molecule has 23 heavy (non-hydrogen) atoms. The topological polar surface area (TPSA) is 69.0 Å². The summed E-state index contributed by atoms with van der Waals surface area (Å²) in [7, 11) is 0. The maximum Gasteiger partial charge on any atom is 0.423 e. The fraction of sp³-hybridized carbons (Fsp3) is 1.00. The second-order valence-electron chi connectivity index (χ2n) is 7.58. The molecule has 3 aliphatic rings. The van der Waals surface area contributed by atoms with Gasteiger partial charge in [-0.05, 0) is 60.0 Å². The van der Waals surface area contributed by atoms with E-state index in [1.54, 1.807) is 0 Å². The summed E-state index contributed by atoms with van der Waals surface area (Å²) in [5, 5.41) is 13.2. The average Bonchev–Trinajstić information content (AvgIpc) is 2.53. The molecule has 1 N–H and O–H groups in total. The SMILES string of the molecule is [N-]=[N+]=NC(O)(C1CC2CCCCC2C2CCCCC21)C(F)(F)F. The van der Waals surface area contributed by atoms with Gasteiger partial charge in [-0.1, -0.05) is 32.1 Å². The quantitative estimate of drug-likeness (QED) is 0.423. The third-order valence-electron chi connectivity index (χ3n) is 6.60. The molecule has 3 rings (SSSR count). The average molecular weight is 331 g/mol. The zero-order valence-electron chi connectivity index (χ0n) is 13.2. The van der Waals surface area contributed by atoms with Crippen molar-refractivity contribution in [2.24, 2.45) is 34.7 Å². The van der Waals surface area contributed by atoms with E-state index in [0.717, 1.165) is 44.9 Å². The number of nitrogens with zero attached hydrogens (tertiary/aromatic N) is 3. The molecule has 4 nitrogen and oxygen atoms in total. The van der Waals surface area contributed by atoms with Gasteiger partial charge < -0.3 is 5.11 Å². The highest BCUT2D eigenvalue weighted by atomic mass is 19.4. The van der Waals surface area contributed by atoms with Crippen molar-refractivity contribution in [3.05, 3.63) is 10.4 Å². The fourth-order valence-electron chi connectivity index (χ4n) is 5.69. The van der Waals surface area contributed by atoms with Crippen LogP contribution in [0.1, 0.15) is 57.8 Å². The number of fused-ring (bicyclic) bond motifs is 3. The summed E-state index contributed by atoms with van der Waals surface area (Å²) < 4.78 is 40.6. The van der Waals surface area contributed by atoms with Gasteiger partial charge in [-0.2, -0.15) is 13.2 Å². The number of rotatable bonds is 2. The van der Waals surface area contributed by atoms with E-state index in [1.165, 1.54) is 0 Å². The lowest BCUT2D eigenvalue weighted by atomic mass is 9.52. The van der Waals surface area contributed by atoms with Crippen molar-refractivity contribution >= 4 is 0 Å². The first-order valence-electron chi connectivity index (χ1n) is 8.74. The number of hydrogen-bond acceptors (Lipinski definition) is 2. The van der Waals surface area contributed by atoms with Gasteiger partial charge in [-0.25, -0.2) is 0 Å². The molecular weight excluding hydrogens is 307 g/mol. The second kappa shape index (κ2) is 6.17. The fourth-order valence-corrected chi connectivity index (χ4v) is 5.69. The Hall–Kier alpha value is -0.940. The third kappa shape index (κ3) is 2.82. The Morgan fingerprint density at radius 3 is 2.09 bits per heavy atom. The van der Waals surface area contributed by atoms with Gasteiger partial charge in [0, 0.05) is 10.8 Å². The van der Waals surface area contributed by atoms with Crippen molar-refractivity contribution in [1.29, 1.82) is 0 Å². The van der Waals surface area contributed by atoms with E-state index in [0.29, 0.717) is 18.8 Å². The first kappa shape index (κ1) is 16.9. The van der Waals surface area contributed by atoms with Crippen molar-refractivity contribution in [3.63, 3.8) is 0 Å². The van der Waals surface area contributed by atoms with Crippen molar-refractivity contribution in [1.82, 2.24) is 0 Å². The molecule has 7 heteroatoms. The number of alkyl halides is 3. The third-order valence-corrected chi connectivity index (χ3v) is 6.60. The molecular formula is C16H24F3N3O. The van der Waals surface area contributed by atoms with E-state index >= 15 is 0 Å². The number of halogens is 3. The van der Waals surface area contributed by atoms with Gasteiger partial charge in [0.25, 0.3) is 0 Å². The minimum atomic E-state index is -4.92. The summed E-state index contributed by atoms with van der Waals surface area (Å²) in [6, 6.07) is 0. The Labute approximate surface area is 134 Å². The van der Waals surface area contributed by atoms with Gasteiger partial charge in [0.15, 0.2) is 0 Å². The van der Waals surface area contributed by atoms with E-state index in [9.17, 15) is 18.3 Å². The summed E-state index contributed by atoms with van der Waals surface area (Å²) >= 11 is 0. The monoisotopic (exact) mass is 331 g/mol. The van der Waals surface area contributed by atoms with Crippen LogP contribution in [0, 0.1) is 29.6 Å². The van der Waals surface area contributed by atoms with Gasteiger partial charge in [0.1, 0.15) is 0 Å². The van der Waals surface area contributed by atoms with Gasteiger partial charge in [-0.3, -0.25) is 0 Å². The standard InChI is InChI=1S/C16H24F3N3O/c17-16(18,19)15(23,21-22-20)14-9-10-5-1-2-6-11(10)12-7-3-4-8-13(12)14/h10-14,23H,1-9H2. The highest BCUT2D eigenvalue weighted by molar-refractivity contribution is 5.03. The molecule has 6 unspecified atom stereocenters. The maximum atomic E-state index is 13.5. The Balaban J connectivity index is 1.97. The first-order valence-corrected chi connectivity index (χ1v) is 8.74. The molecule has 130 valence electrons. The molecule has 3 fully saturated rings. The van der Waals surface area contributed by atoms with E-state index in [1.807, 2.05) is 0 Å². The zero-order chi connectivity index (χ0) is 16.7. The minimum absolute atomic E-state index is 0.180. The van der Waals surface area contributed by atoms with Crippen LogP contribution in [0.3, 0.4) is 0 Å². The predicted molar refractivity (Wildman–Crippen MR) is 79.2 cm³/mol. The van der Waals surface area contributed by atoms with E-state index in [2.05, 4.69) is 10.0 Å². The smallest absolute Gasteiger partial charge is 0.376 e. The number of hydrogen-bond donors (Lipinski definition) is 1. The van der Waals surface area contributed by atoms with Crippen LogP contribution in [-0.4, -0.2) is 17.0 Å². The lowest BCUT2D eigenvalue weighted by Crippen LogP contribution is -2.57. The van der Waals surface area contributed by atoms with Crippen molar-refractivity contribution in [3.8, 4) is 0 Å². The Kier molecular flexibility index (Phi) is 4.53. The normalized spacial score (nSPS) is 40.3. The molecule has 0 aromatic heterocycles. The molecule has 3 saturated carbocycles. The predicted octanol–water partition coefficient (Wildman–Crippen LogP) is 5.18. The molecule has 6 atom stereocenters. The largest absolute Gasteiger partial charge is 0.423 e. The van der Waals surface area contributed by atoms with E-state index in [-0.39, 0.29) is 17.8 Å². The van der Waals surface area contributed by atoms with Crippen LogP contribution in [-0.2, 0) is 0 Å². The van der Waals surface area contributed by atoms with Crippen LogP contribution < -0.4 is 0 Å². The van der Waals surface area contributed by atoms with E-state index in [4.69, 9.17) is 5.53 Å². The second-order valence-corrected chi connectivity index (χ2v) is 7.58. The van der Waals surface area contributed by atoms with Crippen molar-refractivity contribution in [2.45, 2.75) is 69.7 Å². The van der Waals surface area contributed by atoms with Crippen molar-refractivity contribution in [2.75, 3.05) is 0 Å². The molecule has 0 amide bonds. The molecule has 0 aromatic rings. The van der Waals surface area contributed by atoms with E-state index < -0.39 is 17.8 Å². The maximum absolute atomic E-state index is 13.5. The van der Waals surface area contributed by atoms with Crippen LogP contribution >= 0.6 is 0 Å². The lowest BCUT2D eigenvalue weighted by Gasteiger charge is -2.54. The minimum Gasteiger partial charge on any atom is -0.376 e. The number of aliphatic hydroxyl groups is 1. The summed E-state index contributed by atoms with van der Waals surface area (Å²) in [5.41, 5.74) is 5.36. The Bertz CT molecular complexity index is 491. The molecule has 0 bridgehead atoms. The molecule has 0 spiro atoms. The molecule has 0 heterocycles. The summed E-state index contributed by atoms with van der Waals surface area (Å²) in [5.74, 6) is -0.205. The van der Waals surface area contributed by atoms with Crippen molar-refractivity contribution < 1.29 is 18.3 Å². The molecule has 3 aliphatic carbocycles. The van der Waals surface area contributed by atoms with Gasteiger partial charge in [0.05, 0.1) is 0 Å². The van der Waals surface area contributed by atoms with Crippen LogP contribution in [0.4, 0.5) is 13.2 Å². The Morgan fingerprint density at radius 2 is 1.48 bits per heavy atom. The molecule has 0 radical (unpaired) electrons. The molecule has 0 saturated heterocycles. The Morgan fingerprint density at radius 1 is 0.913 bits per heavy atom. The van der Waals surface area contributed by atoms with Crippen LogP contribution in [0.15, 0.2) is 5.11 Å². The summed E-state index contributed by atoms with van der Waals surface area (Å²) in [6.07, 6.45) is 3.28. The highest BCUT2D eigenvalue weighted by Gasteiger charge is 2.63. The summed E-state index contributed by atoms with van der Waals surface area (Å²) in [6.45, 7) is 0. The summed E-state index contributed by atoms with van der Waals surface area (Å²) in [4.78, 5) is 2.35. The van der Waals surface area contributed by atoms with Crippen LogP contribution in [0.2, 0.25) is 0 Å². The highest BCUT2D eigenvalue weighted by Crippen LogP contribution is 2.58. The van der Waals surface area contributed by atoms with Crippen LogP contribution in [0.25, 0.3) is 10.4 Å². The first-order chi connectivity index (χ1) is 10.9. The van der Waals surface area contributed by atoms with Gasteiger partial charge >= 0.3 is 6.18 Å². The zero-order valence-corrected chi connectivity index (χ0v) is 13.2. The molecule has 0 aliphatic heterocycles. The molecule has 0 aromatic carbocycles. The number of azide groups is 1. The van der Waals surface area contributed by atoms with Gasteiger partial charge in [-0.15, -0.1) is 0 Å². The van der Waals surface area contributed by atoms with Gasteiger partial charge in [0.2, 0.25) is 5.72 Å². The van der Waals surface area contributed by atoms with Crippen LogP contribution in [0.5, 0.6) is 0 Å². The lowest BCUT2D eigenvalue weighted by molar-refractivity contribution is -0.294.